The van der Waals surface area contributed by atoms with Crippen molar-refractivity contribution >= 4 is 0 Å². The monoisotopic (exact) mass is 1200 g/mol. The maximum absolute atomic E-state index is 3.90. The molecule has 12 heterocycles. The second-order valence-corrected chi connectivity index (χ2v) is 14.8. The molecule has 0 spiro atoms. The van der Waals surface area contributed by atoms with Crippen LogP contribution in [0.15, 0.2) is 149 Å². The highest BCUT2D eigenvalue weighted by atomic mass is 15.6. The lowest BCUT2D eigenvalue weighted by Gasteiger charge is -1.95. The normalized spacial score (nSPS) is 8.44. The molecule has 0 fully saturated rings. The maximum atomic E-state index is 3.90. The van der Waals surface area contributed by atoms with E-state index in [4.69, 9.17) is 0 Å². The van der Waals surface area contributed by atoms with Crippen LogP contribution in [-0.4, -0.2) is 180 Å². The molecule has 12 aromatic rings. The molecule has 36 heteroatoms. The molecule has 0 aliphatic heterocycles. The second kappa shape index (κ2) is 62.3. The summed E-state index contributed by atoms with van der Waals surface area (Å²) in [5.74, 6) is 0. The van der Waals surface area contributed by atoms with Gasteiger partial charge in [-0.1, -0.05) is 118 Å². The van der Waals surface area contributed by atoms with E-state index >= 15 is 0 Å². The van der Waals surface area contributed by atoms with Gasteiger partial charge < -0.3 is 0 Å². The minimum Gasteiger partial charge on any atom is -0.188 e. The summed E-state index contributed by atoms with van der Waals surface area (Å²) in [5.41, 5.74) is 0. The third kappa shape index (κ3) is 53.0. The van der Waals surface area contributed by atoms with E-state index in [1.165, 1.54) is 83.2 Å². The minimum absolute atomic E-state index is 0. The quantitative estimate of drug-likeness (QED) is 0.188. The van der Waals surface area contributed by atoms with E-state index in [1.807, 2.05) is 0 Å². The first-order chi connectivity index (χ1) is 39.4. The SMILES string of the molecule is C.C.C.C.C.CCC.CCC.CCC.CCC.Cn1nccn1.Cn1nccn1.Cn1nccn1.Cn1nccn1.Cn1nccn1.Cn1nccn1.c1cnn(Cn2nccn2)n1.c1cnn(Cn2nccn2)n1.c1cnn(Cn2nccn2)n1. The zero-order valence-electron chi connectivity index (χ0n) is 48.9. The van der Waals surface area contributed by atoms with Crippen molar-refractivity contribution in [3.63, 3.8) is 0 Å². The topological polar surface area (TPSA) is 369 Å². The molecular formula is C50H100N36. The molecule has 12 aromatic heterocycles. The smallest absolute Gasteiger partial charge is 0.172 e. The summed E-state index contributed by atoms with van der Waals surface area (Å²) in [7, 11) is 10.7. The van der Waals surface area contributed by atoms with Crippen LogP contribution < -0.4 is 0 Å². The van der Waals surface area contributed by atoms with Gasteiger partial charge in [-0.05, 0) is 0 Å². The van der Waals surface area contributed by atoms with Gasteiger partial charge in [-0.15, -0.1) is 0 Å². The standard InChI is InChI=1S/3C5H6N6.6C3H5N3.4C3H8.5CH4/c3*1-2-7-10(6-1)5-11-8-3-4-9-11;6*1-6-4-2-3-5-6;4*1-3-2;;;;;/h3*1-4H,5H2;6*2-3H,1H3;4*3H2,1-2H3;5*1H4. The Balaban J connectivity index is -0.000000205. The Morgan fingerprint density at radius 3 is 0.291 bits per heavy atom. The van der Waals surface area contributed by atoms with E-state index in [0.29, 0.717) is 20.0 Å². The van der Waals surface area contributed by atoms with Gasteiger partial charge in [0.1, 0.15) is 0 Å². The molecule has 0 aromatic carbocycles. The Kier molecular flexibility index (Phi) is 63.0. The summed E-state index contributed by atoms with van der Waals surface area (Å²) in [4.78, 5) is 18.0. The zero-order valence-corrected chi connectivity index (χ0v) is 48.9. The van der Waals surface area contributed by atoms with Crippen LogP contribution in [0.1, 0.15) is 118 Å². The van der Waals surface area contributed by atoms with Crippen molar-refractivity contribution in [2.45, 2.75) is 138 Å². The van der Waals surface area contributed by atoms with Gasteiger partial charge in [0.2, 0.25) is 0 Å². The van der Waals surface area contributed by atoms with E-state index in [1.54, 1.807) is 191 Å². The molecule has 0 amide bonds. The first-order valence-electron chi connectivity index (χ1n) is 25.2. The highest BCUT2D eigenvalue weighted by Crippen LogP contribution is 1.83. The van der Waals surface area contributed by atoms with Crippen LogP contribution >= 0.6 is 0 Å². The van der Waals surface area contributed by atoms with Crippen molar-refractivity contribution in [2.75, 3.05) is 0 Å². The lowest BCUT2D eigenvalue weighted by atomic mass is 10.6. The summed E-state index contributed by atoms with van der Waals surface area (Å²) in [5, 5.41) is 91.4. The maximum Gasteiger partial charge on any atom is 0.172 e. The predicted molar refractivity (Wildman–Crippen MR) is 330 cm³/mol. The second-order valence-electron chi connectivity index (χ2n) is 14.8. The Hall–Kier alpha value is -10.3. The van der Waals surface area contributed by atoms with Crippen LogP contribution in [-0.2, 0) is 62.3 Å². The van der Waals surface area contributed by atoms with Crippen LogP contribution in [0, 0.1) is 0 Å². The zero-order chi connectivity index (χ0) is 59.8. The molecule has 12 rings (SSSR count). The average molecular weight is 1210 g/mol. The fourth-order valence-electron chi connectivity index (χ4n) is 3.93. The molecule has 0 atom stereocenters. The molecule has 0 saturated heterocycles. The van der Waals surface area contributed by atoms with Crippen molar-refractivity contribution in [1.29, 1.82) is 0 Å². The summed E-state index contributed by atoms with van der Waals surface area (Å²) in [6.07, 6.45) is 44.0. The van der Waals surface area contributed by atoms with Crippen molar-refractivity contribution < 1.29 is 0 Å². The van der Waals surface area contributed by atoms with Crippen molar-refractivity contribution in [2.24, 2.45) is 42.3 Å². The highest BCUT2D eigenvalue weighted by molar-refractivity contribution is 4.65. The summed E-state index contributed by atoms with van der Waals surface area (Å²) in [6.45, 7) is 18.4. The van der Waals surface area contributed by atoms with Crippen molar-refractivity contribution in [3.8, 4) is 0 Å². The molecule has 0 saturated carbocycles. The van der Waals surface area contributed by atoms with Crippen LogP contribution in [0.25, 0.3) is 0 Å². The van der Waals surface area contributed by atoms with E-state index < -0.39 is 0 Å². The number of hydrogen-bond donors (Lipinski definition) is 0. The van der Waals surface area contributed by atoms with E-state index in [-0.39, 0.29) is 37.1 Å². The fraction of sp³-hybridized carbons (Fsp3) is 0.520. The molecule has 0 N–H and O–H groups in total. The summed E-state index contributed by atoms with van der Waals surface area (Å²) in [6, 6.07) is 0. The molecule has 0 aliphatic rings. The van der Waals surface area contributed by atoms with Gasteiger partial charge in [0.15, 0.2) is 20.0 Å². The number of rotatable bonds is 6. The van der Waals surface area contributed by atoms with Gasteiger partial charge in [0.05, 0.1) is 149 Å². The minimum atomic E-state index is 0. The molecule has 0 aliphatic carbocycles. The first kappa shape index (κ1) is 86.9. The number of hydrogen-bond acceptors (Lipinski definition) is 24. The predicted octanol–water partition coefficient (Wildman–Crippen LogP) is 5.86. The Bertz CT molecular complexity index is 2330. The average Bonchev–Trinajstić information content (AvgIpc) is 4.31. The van der Waals surface area contributed by atoms with Gasteiger partial charge in [0, 0.05) is 42.3 Å². The molecular weight excluding hydrogens is 1100 g/mol. The van der Waals surface area contributed by atoms with Crippen LogP contribution in [0.2, 0.25) is 0 Å². The third-order valence-electron chi connectivity index (χ3n) is 6.76. The first-order valence-corrected chi connectivity index (χ1v) is 25.2. The van der Waals surface area contributed by atoms with Crippen molar-refractivity contribution in [1.82, 2.24) is 180 Å². The summed E-state index contributed by atoms with van der Waals surface area (Å²) >= 11 is 0. The molecule has 0 radical (unpaired) electrons. The molecule has 0 bridgehead atoms. The Morgan fingerprint density at radius 2 is 0.233 bits per heavy atom. The van der Waals surface area contributed by atoms with E-state index in [9.17, 15) is 0 Å². The Morgan fingerprint density at radius 1 is 0.163 bits per heavy atom. The third-order valence-corrected chi connectivity index (χ3v) is 6.76. The van der Waals surface area contributed by atoms with Gasteiger partial charge in [-0.3, -0.25) is 0 Å². The van der Waals surface area contributed by atoms with Gasteiger partial charge in [-0.25, -0.2) is 0 Å². The lowest BCUT2D eigenvalue weighted by molar-refractivity contribution is 0.413. The number of aromatic nitrogens is 36. The van der Waals surface area contributed by atoms with E-state index in [2.05, 4.69) is 178 Å². The molecule has 36 nitrogen and oxygen atoms in total. The molecule has 0 unspecified atom stereocenters. The fourth-order valence-corrected chi connectivity index (χ4v) is 3.93. The number of aryl methyl sites for hydroxylation is 6. The number of nitrogens with zero attached hydrogens (tertiary/aromatic N) is 36. The Labute approximate surface area is 507 Å². The van der Waals surface area contributed by atoms with Gasteiger partial charge >= 0.3 is 0 Å². The molecule has 86 heavy (non-hydrogen) atoms. The van der Waals surface area contributed by atoms with E-state index in [0.717, 1.165) is 0 Å². The highest BCUT2D eigenvalue weighted by Gasteiger charge is 1.95. The van der Waals surface area contributed by atoms with Crippen LogP contribution in [0.5, 0.6) is 0 Å². The van der Waals surface area contributed by atoms with Gasteiger partial charge in [0.25, 0.3) is 0 Å². The molecule has 480 valence electrons. The summed E-state index contributed by atoms with van der Waals surface area (Å²) < 4.78 is 0. The van der Waals surface area contributed by atoms with Crippen LogP contribution in [0.4, 0.5) is 0 Å². The lowest BCUT2D eigenvalue weighted by Crippen LogP contribution is -2.13. The van der Waals surface area contributed by atoms with Crippen LogP contribution in [0.3, 0.4) is 0 Å². The van der Waals surface area contributed by atoms with Gasteiger partial charge in [-0.2, -0.15) is 180 Å². The van der Waals surface area contributed by atoms with Crippen molar-refractivity contribution in [3.05, 3.63) is 149 Å². The largest absolute Gasteiger partial charge is 0.188 e.